The summed E-state index contributed by atoms with van der Waals surface area (Å²) in [6.45, 7) is 3.09. The third-order valence-corrected chi connectivity index (χ3v) is 4.16. The minimum atomic E-state index is -0.0649. The molecule has 96 valence electrons. The van der Waals surface area contributed by atoms with E-state index in [-0.39, 0.29) is 11.9 Å². The lowest BCUT2D eigenvalue weighted by atomic mass is 9.87. The van der Waals surface area contributed by atoms with Crippen molar-refractivity contribution in [1.82, 2.24) is 4.98 Å². The van der Waals surface area contributed by atoms with Crippen molar-refractivity contribution in [2.75, 3.05) is 16.8 Å². The van der Waals surface area contributed by atoms with Crippen LogP contribution in [-0.2, 0) is 4.79 Å². The van der Waals surface area contributed by atoms with Crippen LogP contribution in [0.4, 0.5) is 11.5 Å². The van der Waals surface area contributed by atoms with Crippen LogP contribution in [0.1, 0.15) is 26.2 Å². The molecule has 3 rings (SSSR count). The molecule has 0 radical (unpaired) electrons. The Bertz CT molecular complexity index is 491. The van der Waals surface area contributed by atoms with Crippen LogP contribution in [0.3, 0.4) is 0 Å². The molecular weight excluding hydrogens is 250 g/mol. The van der Waals surface area contributed by atoms with Gasteiger partial charge < -0.3 is 10.2 Å². The van der Waals surface area contributed by atoms with E-state index in [9.17, 15) is 4.79 Å². The van der Waals surface area contributed by atoms with E-state index in [4.69, 9.17) is 11.6 Å². The van der Waals surface area contributed by atoms with Crippen molar-refractivity contribution in [2.45, 2.75) is 32.2 Å². The second-order valence-electron chi connectivity index (χ2n) is 5.02. The number of anilines is 2. The molecule has 2 atom stereocenters. The second-order valence-corrected chi connectivity index (χ2v) is 5.46. The van der Waals surface area contributed by atoms with Gasteiger partial charge in [0.1, 0.15) is 6.04 Å². The van der Waals surface area contributed by atoms with E-state index >= 15 is 0 Å². The molecule has 1 fully saturated rings. The topological polar surface area (TPSA) is 45.2 Å². The zero-order valence-corrected chi connectivity index (χ0v) is 11.1. The van der Waals surface area contributed by atoms with Gasteiger partial charge in [0, 0.05) is 12.7 Å². The summed E-state index contributed by atoms with van der Waals surface area (Å²) < 4.78 is 0. The molecular formula is C13H16ClN3O. The predicted molar refractivity (Wildman–Crippen MR) is 72.0 cm³/mol. The number of piperidine rings is 1. The molecule has 1 amide bonds. The molecule has 2 aliphatic heterocycles. The van der Waals surface area contributed by atoms with Gasteiger partial charge in [-0.1, -0.05) is 24.9 Å². The van der Waals surface area contributed by atoms with Crippen LogP contribution in [0.5, 0.6) is 0 Å². The maximum Gasteiger partial charge on any atom is 0.247 e. The number of carbonyl (C=O) groups is 1. The highest BCUT2D eigenvalue weighted by molar-refractivity contribution is 6.31. The molecule has 2 aliphatic rings. The van der Waals surface area contributed by atoms with Gasteiger partial charge in [0.05, 0.1) is 10.7 Å². The minimum absolute atomic E-state index is 0.0649. The molecule has 0 bridgehead atoms. The van der Waals surface area contributed by atoms with Gasteiger partial charge >= 0.3 is 0 Å². The number of amides is 1. The third-order valence-electron chi connectivity index (χ3n) is 3.95. The molecule has 0 aliphatic carbocycles. The Labute approximate surface area is 111 Å². The molecule has 1 saturated heterocycles. The summed E-state index contributed by atoms with van der Waals surface area (Å²) in [7, 11) is 0. The fraction of sp³-hybridized carbons (Fsp3) is 0.538. The number of nitrogens with one attached hydrogen (secondary N) is 1. The SMILES string of the molecule is CCC1CCN2c3ncc(Cl)cc3NC(=O)C2C1. The quantitative estimate of drug-likeness (QED) is 0.849. The highest BCUT2D eigenvalue weighted by atomic mass is 35.5. The highest BCUT2D eigenvalue weighted by Crippen LogP contribution is 2.37. The Morgan fingerprint density at radius 2 is 2.44 bits per heavy atom. The summed E-state index contributed by atoms with van der Waals surface area (Å²) in [4.78, 5) is 18.6. The van der Waals surface area contributed by atoms with Crippen LogP contribution < -0.4 is 10.2 Å². The first-order chi connectivity index (χ1) is 8.69. The number of nitrogens with zero attached hydrogens (tertiary/aromatic N) is 2. The first kappa shape index (κ1) is 11.8. The van der Waals surface area contributed by atoms with Gasteiger partial charge in [0.25, 0.3) is 0 Å². The predicted octanol–water partition coefficient (Wildman–Crippen LogP) is 2.68. The first-order valence-corrected chi connectivity index (χ1v) is 6.80. The summed E-state index contributed by atoms with van der Waals surface area (Å²) in [5.41, 5.74) is 0.735. The van der Waals surface area contributed by atoms with Crippen LogP contribution in [-0.4, -0.2) is 23.5 Å². The zero-order valence-electron chi connectivity index (χ0n) is 10.3. The Morgan fingerprint density at radius 3 is 3.22 bits per heavy atom. The number of pyridine rings is 1. The lowest BCUT2D eigenvalue weighted by molar-refractivity contribution is -0.118. The Balaban J connectivity index is 1.95. The smallest absolute Gasteiger partial charge is 0.247 e. The maximum atomic E-state index is 12.1. The number of carbonyl (C=O) groups excluding carboxylic acids is 1. The standard InChI is InChI=1S/C13H16ClN3O/c1-2-8-3-4-17-11(5-8)13(18)16-10-6-9(14)7-15-12(10)17/h6-8,11H,2-5H2,1H3,(H,16,18). The summed E-state index contributed by atoms with van der Waals surface area (Å²) in [6, 6.07) is 1.70. The average Bonchev–Trinajstić information content (AvgIpc) is 2.38. The number of fused-ring (bicyclic) bond motifs is 3. The van der Waals surface area contributed by atoms with E-state index in [1.165, 1.54) is 0 Å². The molecule has 0 saturated carbocycles. The van der Waals surface area contributed by atoms with E-state index in [0.29, 0.717) is 10.9 Å². The monoisotopic (exact) mass is 265 g/mol. The molecule has 1 aromatic rings. The van der Waals surface area contributed by atoms with Gasteiger partial charge in [-0.15, -0.1) is 0 Å². The van der Waals surface area contributed by atoms with Crippen molar-refractivity contribution in [2.24, 2.45) is 5.92 Å². The number of halogens is 1. The van der Waals surface area contributed by atoms with Crippen molar-refractivity contribution in [3.8, 4) is 0 Å². The van der Waals surface area contributed by atoms with Crippen LogP contribution in [0.25, 0.3) is 0 Å². The van der Waals surface area contributed by atoms with Crippen molar-refractivity contribution in [3.05, 3.63) is 17.3 Å². The second kappa shape index (κ2) is 4.43. The third kappa shape index (κ3) is 1.85. The maximum absolute atomic E-state index is 12.1. The van der Waals surface area contributed by atoms with Gasteiger partial charge in [-0.05, 0) is 24.8 Å². The van der Waals surface area contributed by atoms with Crippen LogP contribution in [0.15, 0.2) is 12.3 Å². The van der Waals surface area contributed by atoms with Crippen molar-refractivity contribution >= 4 is 29.0 Å². The Hall–Kier alpha value is -1.29. The van der Waals surface area contributed by atoms with E-state index in [1.54, 1.807) is 12.3 Å². The molecule has 18 heavy (non-hydrogen) atoms. The normalized spacial score (nSPS) is 26.3. The Kier molecular flexibility index (Phi) is 2.90. The van der Waals surface area contributed by atoms with E-state index in [0.717, 1.165) is 37.3 Å². The number of hydrogen-bond acceptors (Lipinski definition) is 3. The van der Waals surface area contributed by atoms with Gasteiger partial charge in [-0.2, -0.15) is 0 Å². The van der Waals surface area contributed by atoms with E-state index in [2.05, 4.69) is 22.1 Å². The first-order valence-electron chi connectivity index (χ1n) is 6.42. The van der Waals surface area contributed by atoms with Crippen LogP contribution in [0.2, 0.25) is 5.02 Å². The molecule has 2 unspecified atom stereocenters. The molecule has 3 heterocycles. The number of hydrogen-bond donors (Lipinski definition) is 1. The molecule has 1 N–H and O–H groups in total. The van der Waals surface area contributed by atoms with E-state index in [1.807, 2.05) is 0 Å². The molecule has 5 heteroatoms. The van der Waals surface area contributed by atoms with Gasteiger partial charge in [-0.3, -0.25) is 4.79 Å². The average molecular weight is 266 g/mol. The number of aromatic nitrogens is 1. The fourth-order valence-corrected chi connectivity index (χ4v) is 3.04. The van der Waals surface area contributed by atoms with Crippen LogP contribution in [0, 0.1) is 5.92 Å². The van der Waals surface area contributed by atoms with Crippen LogP contribution >= 0.6 is 11.6 Å². The molecule has 4 nitrogen and oxygen atoms in total. The van der Waals surface area contributed by atoms with Gasteiger partial charge in [0.15, 0.2) is 5.82 Å². The molecule has 0 spiro atoms. The lowest BCUT2D eigenvalue weighted by Crippen LogP contribution is -2.52. The van der Waals surface area contributed by atoms with Crippen molar-refractivity contribution < 1.29 is 4.79 Å². The zero-order chi connectivity index (χ0) is 12.7. The molecule has 0 aromatic carbocycles. The van der Waals surface area contributed by atoms with Gasteiger partial charge in [-0.25, -0.2) is 4.98 Å². The number of rotatable bonds is 1. The molecule has 1 aromatic heterocycles. The largest absolute Gasteiger partial charge is 0.343 e. The highest BCUT2D eigenvalue weighted by Gasteiger charge is 2.38. The van der Waals surface area contributed by atoms with Crippen molar-refractivity contribution in [3.63, 3.8) is 0 Å². The lowest BCUT2D eigenvalue weighted by Gasteiger charge is -2.42. The summed E-state index contributed by atoms with van der Waals surface area (Å²) in [5.74, 6) is 1.58. The Morgan fingerprint density at radius 1 is 1.61 bits per heavy atom. The van der Waals surface area contributed by atoms with Gasteiger partial charge in [0.2, 0.25) is 5.91 Å². The minimum Gasteiger partial charge on any atom is -0.343 e. The van der Waals surface area contributed by atoms with E-state index < -0.39 is 0 Å². The summed E-state index contributed by atoms with van der Waals surface area (Å²) in [5, 5.41) is 3.47. The fourth-order valence-electron chi connectivity index (χ4n) is 2.88. The van der Waals surface area contributed by atoms with Crippen molar-refractivity contribution in [1.29, 1.82) is 0 Å². The summed E-state index contributed by atoms with van der Waals surface area (Å²) in [6.07, 6.45) is 4.83. The summed E-state index contributed by atoms with van der Waals surface area (Å²) >= 11 is 5.91.